The Morgan fingerprint density at radius 1 is 1.15 bits per heavy atom. The second-order valence-electron chi connectivity index (χ2n) is 7.18. The van der Waals surface area contributed by atoms with E-state index in [1.54, 1.807) is 25.1 Å². The number of anilines is 2. The van der Waals surface area contributed by atoms with Gasteiger partial charge in [0.1, 0.15) is 11.7 Å². The summed E-state index contributed by atoms with van der Waals surface area (Å²) in [5.41, 5.74) is 12.8. The Kier molecular flexibility index (Phi) is 4.01. The Balaban J connectivity index is 1.75. The van der Waals surface area contributed by atoms with Gasteiger partial charge in [0.05, 0.1) is 5.69 Å². The van der Waals surface area contributed by atoms with E-state index >= 15 is 0 Å². The maximum absolute atomic E-state index is 12.3. The summed E-state index contributed by atoms with van der Waals surface area (Å²) in [5, 5.41) is 2.62. The van der Waals surface area contributed by atoms with Crippen molar-refractivity contribution < 1.29 is 9.59 Å². The number of benzene rings is 1. The van der Waals surface area contributed by atoms with Crippen LogP contribution in [-0.4, -0.2) is 35.6 Å². The molecule has 0 radical (unpaired) electrons. The Morgan fingerprint density at radius 3 is 2.52 bits per heavy atom. The first kappa shape index (κ1) is 17.3. The number of amides is 3. The average Bonchev–Trinajstić information content (AvgIpc) is 2.87. The topological polar surface area (TPSA) is 129 Å². The van der Waals surface area contributed by atoms with Gasteiger partial charge in [-0.3, -0.25) is 9.69 Å². The normalized spacial score (nSPS) is 24.7. The highest BCUT2D eigenvalue weighted by molar-refractivity contribution is 6.21. The molecule has 1 atom stereocenters. The molecule has 2 aliphatic heterocycles. The quantitative estimate of drug-likeness (QED) is 0.675. The maximum Gasteiger partial charge on any atom is 0.329 e. The van der Waals surface area contributed by atoms with Crippen LogP contribution in [0.25, 0.3) is 0 Å². The van der Waals surface area contributed by atoms with Crippen molar-refractivity contribution in [3.8, 4) is 0 Å². The molecule has 3 amide bonds. The third kappa shape index (κ3) is 2.79. The molecule has 0 aromatic heterocycles. The Hall–Kier alpha value is -3.10. The molecule has 5 N–H and O–H groups in total. The second-order valence-corrected chi connectivity index (χ2v) is 7.18. The van der Waals surface area contributed by atoms with Crippen molar-refractivity contribution in [3.05, 3.63) is 24.3 Å². The second kappa shape index (κ2) is 6.26. The number of urea groups is 1. The number of nitrogens with one attached hydrogen (secondary N) is 1. The van der Waals surface area contributed by atoms with Gasteiger partial charge in [-0.15, -0.1) is 0 Å². The van der Waals surface area contributed by atoms with E-state index in [4.69, 9.17) is 11.5 Å². The van der Waals surface area contributed by atoms with Crippen molar-refractivity contribution in [3.63, 3.8) is 0 Å². The monoisotopic (exact) mass is 369 g/mol. The van der Waals surface area contributed by atoms with E-state index in [2.05, 4.69) is 15.3 Å². The fourth-order valence-electron chi connectivity index (χ4n) is 4.12. The maximum atomic E-state index is 12.3. The SMILES string of the molecule is CC1NC(=O)N(c2cccc(N3C(N)=NC(N)=NC34CCCCC4)c2)C1=O. The van der Waals surface area contributed by atoms with Crippen LogP contribution in [0.4, 0.5) is 16.2 Å². The van der Waals surface area contributed by atoms with E-state index in [0.717, 1.165) is 42.7 Å². The number of imide groups is 1. The number of nitrogens with zero attached hydrogens (tertiary/aromatic N) is 4. The molecule has 2 fully saturated rings. The van der Waals surface area contributed by atoms with Crippen LogP contribution in [0.2, 0.25) is 0 Å². The molecule has 1 unspecified atom stereocenters. The molecule has 1 saturated carbocycles. The predicted molar refractivity (Wildman–Crippen MR) is 103 cm³/mol. The zero-order valence-electron chi connectivity index (χ0n) is 15.2. The molecule has 1 spiro atoms. The smallest absolute Gasteiger partial charge is 0.329 e. The number of carbonyl (C=O) groups is 2. The lowest BCUT2D eigenvalue weighted by Gasteiger charge is -2.45. The summed E-state index contributed by atoms with van der Waals surface area (Å²) in [6.45, 7) is 1.66. The Morgan fingerprint density at radius 2 is 1.85 bits per heavy atom. The first-order valence-electron chi connectivity index (χ1n) is 9.15. The van der Waals surface area contributed by atoms with Gasteiger partial charge in [-0.25, -0.2) is 14.7 Å². The average molecular weight is 369 g/mol. The summed E-state index contributed by atoms with van der Waals surface area (Å²) >= 11 is 0. The number of nitrogens with two attached hydrogens (primary N) is 2. The summed E-state index contributed by atoms with van der Waals surface area (Å²) in [5.74, 6) is 0.170. The van der Waals surface area contributed by atoms with Gasteiger partial charge in [-0.2, -0.15) is 4.99 Å². The van der Waals surface area contributed by atoms with Crippen LogP contribution < -0.4 is 26.6 Å². The Labute approximate surface area is 157 Å². The van der Waals surface area contributed by atoms with E-state index in [1.165, 1.54) is 0 Å². The molecule has 4 rings (SSSR count). The fourth-order valence-corrected chi connectivity index (χ4v) is 4.12. The van der Waals surface area contributed by atoms with Gasteiger partial charge >= 0.3 is 6.03 Å². The number of carbonyl (C=O) groups excluding carboxylic acids is 2. The molecule has 27 heavy (non-hydrogen) atoms. The van der Waals surface area contributed by atoms with E-state index < -0.39 is 17.7 Å². The summed E-state index contributed by atoms with van der Waals surface area (Å²) in [6.07, 6.45) is 4.81. The molecule has 3 aliphatic rings. The molecule has 1 aromatic rings. The van der Waals surface area contributed by atoms with E-state index in [1.807, 2.05) is 11.0 Å². The standard InChI is InChI=1S/C18H23N7O2/c1-11-14(26)24(17(27)21-11)12-6-5-7-13(10-12)25-16(20)22-15(19)23-18(25)8-3-2-4-9-18/h5-7,10-11H,2-4,8-9H2,1H3,(H,21,27)(H4,19,20,22,23). The lowest BCUT2D eigenvalue weighted by atomic mass is 9.87. The van der Waals surface area contributed by atoms with Gasteiger partial charge in [0.15, 0.2) is 0 Å². The Bertz CT molecular complexity index is 857. The van der Waals surface area contributed by atoms with Gasteiger partial charge in [-0.05, 0) is 50.8 Å². The summed E-state index contributed by atoms with van der Waals surface area (Å²) in [7, 11) is 0. The van der Waals surface area contributed by atoms with Crippen LogP contribution in [0.5, 0.6) is 0 Å². The van der Waals surface area contributed by atoms with E-state index in [0.29, 0.717) is 5.69 Å². The minimum Gasteiger partial charge on any atom is -0.369 e. The summed E-state index contributed by atoms with van der Waals surface area (Å²) < 4.78 is 0. The molecule has 0 bridgehead atoms. The van der Waals surface area contributed by atoms with Crippen molar-refractivity contribution in [1.82, 2.24) is 5.32 Å². The number of rotatable bonds is 2. The fraction of sp³-hybridized carbons (Fsp3) is 0.444. The molecule has 9 nitrogen and oxygen atoms in total. The third-order valence-electron chi connectivity index (χ3n) is 5.33. The van der Waals surface area contributed by atoms with Crippen LogP contribution >= 0.6 is 0 Å². The molecule has 1 aliphatic carbocycles. The van der Waals surface area contributed by atoms with Crippen LogP contribution in [0.3, 0.4) is 0 Å². The number of aliphatic imine (C=N–C) groups is 2. The predicted octanol–water partition coefficient (Wildman–Crippen LogP) is 1.24. The summed E-state index contributed by atoms with van der Waals surface area (Å²) in [6, 6.07) is 6.18. The van der Waals surface area contributed by atoms with Crippen molar-refractivity contribution in [2.24, 2.45) is 21.5 Å². The van der Waals surface area contributed by atoms with Gasteiger partial charge in [-0.1, -0.05) is 12.5 Å². The first-order chi connectivity index (χ1) is 12.9. The molecule has 1 aromatic carbocycles. The zero-order chi connectivity index (χ0) is 19.2. The van der Waals surface area contributed by atoms with E-state index in [9.17, 15) is 9.59 Å². The van der Waals surface area contributed by atoms with Gasteiger partial charge in [0.25, 0.3) is 5.91 Å². The van der Waals surface area contributed by atoms with Crippen LogP contribution in [0.15, 0.2) is 34.3 Å². The highest BCUT2D eigenvalue weighted by Gasteiger charge is 2.43. The number of hydrogen-bond acceptors (Lipinski definition) is 7. The molecular formula is C18H23N7O2. The highest BCUT2D eigenvalue weighted by atomic mass is 16.2. The van der Waals surface area contributed by atoms with Crippen molar-refractivity contribution in [1.29, 1.82) is 0 Å². The summed E-state index contributed by atoms with van der Waals surface area (Å²) in [4.78, 5) is 36.4. The molecule has 2 heterocycles. The van der Waals surface area contributed by atoms with Crippen LogP contribution in [0.1, 0.15) is 39.0 Å². The van der Waals surface area contributed by atoms with Gasteiger partial charge in [0, 0.05) is 5.69 Å². The van der Waals surface area contributed by atoms with Crippen molar-refractivity contribution >= 4 is 35.2 Å². The molecule has 9 heteroatoms. The lowest BCUT2D eigenvalue weighted by molar-refractivity contribution is -0.117. The number of guanidine groups is 2. The molecular weight excluding hydrogens is 346 g/mol. The minimum atomic E-state index is -0.572. The third-order valence-corrected chi connectivity index (χ3v) is 5.33. The van der Waals surface area contributed by atoms with Crippen molar-refractivity contribution in [2.45, 2.75) is 50.7 Å². The van der Waals surface area contributed by atoms with Crippen LogP contribution in [0, 0.1) is 0 Å². The van der Waals surface area contributed by atoms with Crippen molar-refractivity contribution in [2.75, 3.05) is 9.80 Å². The minimum absolute atomic E-state index is 0.185. The first-order valence-corrected chi connectivity index (χ1v) is 9.15. The highest BCUT2D eigenvalue weighted by Crippen LogP contribution is 2.40. The molecule has 1 saturated heterocycles. The lowest BCUT2D eigenvalue weighted by Crippen LogP contribution is -2.58. The van der Waals surface area contributed by atoms with Crippen LogP contribution in [-0.2, 0) is 4.79 Å². The zero-order valence-corrected chi connectivity index (χ0v) is 15.2. The molecule has 142 valence electrons. The van der Waals surface area contributed by atoms with E-state index in [-0.39, 0.29) is 17.8 Å². The number of hydrogen-bond donors (Lipinski definition) is 3. The largest absolute Gasteiger partial charge is 0.369 e. The van der Waals surface area contributed by atoms with Gasteiger partial charge < -0.3 is 16.8 Å². The van der Waals surface area contributed by atoms with Gasteiger partial charge in [0.2, 0.25) is 11.9 Å².